The van der Waals surface area contributed by atoms with E-state index in [1.165, 1.54) is 81.3 Å². The van der Waals surface area contributed by atoms with Gasteiger partial charge in [0.25, 0.3) is 0 Å². The monoisotopic (exact) mass is 650 g/mol. The lowest BCUT2D eigenvalue weighted by atomic mass is 9.63. The van der Waals surface area contributed by atoms with Crippen molar-refractivity contribution in [3.05, 3.63) is 166 Å². The molecule has 0 N–H and O–H groups in total. The SMILES string of the molecule is CC(C)(C)c1c2c(c(C(C)(C)C)c3c1Cc1c(c(-c4ccccc4)c(-c4ccccc4)c(-c4ccccc4)c1-c1ccccc1)C3)CCCC2. The maximum absolute atomic E-state index is 2.46. The molecule has 0 spiro atoms. The first-order valence-electron chi connectivity index (χ1n) is 18.8. The van der Waals surface area contributed by atoms with Gasteiger partial charge in [0.15, 0.2) is 0 Å². The zero-order valence-corrected chi connectivity index (χ0v) is 30.8. The summed E-state index contributed by atoms with van der Waals surface area (Å²) >= 11 is 0. The molecule has 8 rings (SSSR count). The molecule has 6 aromatic rings. The molecule has 0 heterocycles. The lowest BCUT2D eigenvalue weighted by molar-refractivity contribution is 0.532. The lowest BCUT2D eigenvalue weighted by Crippen LogP contribution is -2.30. The second-order valence-corrected chi connectivity index (χ2v) is 16.6. The average Bonchev–Trinajstić information content (AvgIpc) is 3.12. The molecule has 0 nitrogen and oxygen atoms in total. The van der Waals surface area contributed by atoms with E-state index in [0.29, 0.717) is 0 Å². The minimum atomic E-state index is 0.0564. The molecule has 0 saturated carbocycles. The summed E-state index contributed by atoms with van der Waals surface area (Å²) in [6.07, 6.45) is 6.89. The maximum Gasteiger partial charge on any atom is -0.00103 e. The van der Waals surface area contributed by atoms with Crippen LogP contribution in [0.1, 0.15) is 98.9 Å². The van der Waals surface area contributed by atoms with Crippen LogP contribution in [0.4, 0.5) is 0 Å². The third-order valence-corrected chi connectivity index (χ3v) is 11.2. The molecule has 6 aromatic carbocycles. The van der Waals surface area contributed by atoms with Crippen LogP contribution in [0.15, 0.2) is 121 Å². The second-order valence-electron chi connectivity index (χ2n) is 16.6. The second kappa shape index (κ2) is 12.6. The highest BCUT2D eigenvalue weighted by Gasteiger charge is 2.38. The van der Waals surface area contributed by atoms with E-state index in [2.05, 4.69) is 163 Å². The molecule has 50 heavy (non-hydrogen) atoms. The Morgan fingerprint density at radius 2 is 0.600 bits per heavy atom. The van der Waals surface area contributed by atoms with Crippen LogP contribution in [0, 0.1) is 0 Å². The minimum absolute atomic E-state index is 0.0564. The van der Waals surface area contributed by atoms with Crippen molar-refractivity contribution in [3.63, 3.8) is 0 Å². The van der Waals surface area contributed by atoms with Gasteiger partial charge in [0.1, 0.15) is 0 Å². The summed E-state index contributed by atoms with van der Waals surface area (Å²) < 4.78 is 0. The number of hydrogen-bond donors (Lipinski definition) is 0. The Balaban J connectivity index is 1.59. The quantitative estimate of drug-likeness (QED) is 0.178. The molecule has 0 saturated heterocycles. The first-order chi connectivity index (χ1) is 24.1. The van der Waals surface area contributed by atoms with Crippen LogP contribution < -0.4 is 0 Å². The summed E-state index contributed by atoms with van der Waals surface area (Å²) in [5.74, 6) is 0. The summed E-state index contributed by atoms with van der Waals surface area (Å²) in [5.41, 5.74) is 23.6. The first kappa shape index (κ1) is 32.5. The van der Waals surface area contributed by atoms with E-state index >= 15 is 0 Å². The summed E-state index contributed by atoms with van der Waals surface area (Å²) in [4.78, 5) is 0. The Labute approximate surface area is 300 Å². The molecule has 250 valence electrons. The van der Waals surface area contributed by atoms with Crippen LogP contribution in [0.2, 0.25) is 0 Å². The van der Waals surface area contributed by atoms with Crippen molar-refractivity contribution in [2.45, 2.75) is 90.9 Å². The predicted molar refractivity (Wildman–Crippen MR) is 214 cm³/mol. The van der Waals surface area contributed by atoms with Crippen molar-refractivity contribution in [1.82, 2.24) is 0 Å². The smallest absolute Gasteiger partial charge is 0.00103 e. The van der Waals surface area contributed by atoms with E-state index in [1.807, 2.05) is 0 Å². The Morgan fingerprint density at radius 3 is 0.880 bits per heavy atom. The van der Waals surface area contributed by atoms with Crippen LogP contribution in [0.3, 0.4) is 0 Å². The fraction of sp³-hybridized carbons (Fsp3) is 0.280. The molecule has 0 aromatic heterocycles. The van der Waals surface area contributed by atoms with E-state index in [9.17, 15) is 0 Å². The molecule has 0 unspecified atom stereocenters. The van der Waals surface area contributed by atoms with Crippen molar-refractivity contribution in [2.75, 3.05) is 0 Å². The van der Waals surface area contributed by atoms with Gasteiger partial charge in [0.05, 0.1) is 0 Å². The highest BCUT2D eigenvalue weighted by molar-refractivity contribution is 6.05. The zero-order chi connectivity index (χ0) is 34.6. The predicted octanol–water partition coefficient (Wildman–Crippen LogP) is 13.3. The molecule has 0 atom stereocenters. The normalized spacial score (nSPS) is 14.1. The van der Waals surface area contributed by atoms with E-state index in [1.54, 1.807) is 33.4 Å². The van der Waals surface area contributed by atoms with Crippen LogP contribution in [-0.2, 0) is 36.5 Å². The van der Waals surface area contributed by atoms with Crippen molar-refractivity contribution in [3.8, 4) is 44.5 Å². The highest BCUT2D eigenvalue weighted by atomic mass is 14.4. The third kappa shape index (κ3) is 5.54. The van der Waals surface area contributed by atoms with Gasteiger partial charge < -0.3 is 0 Å². The molecular formula is C50H50. The molecule has 0 bridgehead atoms. The average molecular weight is 651 g/mol. The molecule has 0 amide bonds. The Hall–Kier alpha value is -4.68. The van der Waals surface area contributed by atoms with Crippen LogP contribution >= 0.6 is 0 Å². The number of hydrogen-bond acceptors (Lipinski definition) is 0. The minimum Gasteiger partial charge on any atom is -0.0622 e. The van der Waals surface area contributed by atoms with Crippen molar-refractivity contribution >= 4 is 0 Å². The molecule has 2 aliphatic rings. The van der Waals surface area contributed by atoms with E-state index in [-0.39, 0.29) is 10.8 Å². The number of benzene rings is 6. The fourth-order valence-electron chi connectivity index (χ4n) is 9.56. The number of rotatable bonds is 4. The van der Waals surface area contributed by atoms with Crippen molar-refractivity contribution in [1.29, 1.82) is 0 Å². The highest BCUT2D eigenvalue weighted by Crippen LogP contribution is 2.55. The van der Waals surface area contributed by atoms with Gasteiger partial charge in [-0.2, -0.15) is 0 Å². The van der Waals surface area contributed by atoms with Gasteiger partial charge in [-0.05, 0) is 138 Å². The van der Waals surface area contributed by atoms with Gasteiger partial charge in [0, 0.05) is 0 Å². The molecular weight excluding hydrogens is 601 g/mol. The molecule has 0 radical (unpaired) electrons. The Morgan fingerprint density at radius 1 is 0.320 bits per heavy atom. The molecule has 0 heteroatoms. The Kier molecular flexibility index (Phi) is 8.18. The summed E-state index contributed by atoms with van der Waals surface area (Å²) in [6.45, 7) is 14.8. The van der Waals surface area contributed by atoms with Crippen molar-refractivity contribution in [2.24, 2.45) is 0 Å². The van der Waals surface area contributed by atoms with E-state index in [0.717, 1.165) is 12.8 Å². The molecule has 0 aliphatic heterocycles. The molecule has 2 aliphatic carbocycles. The van der Waals surface area contributed by atoms with Gasteiger partial charge in [-0.25, -0.2) is 0 Å². The number of fused-ring (bicyclic) bond motifs is 3. The van der Waals surface area contributed by atoms with Gasteiger partial charge in [-0.3, -0.25) is 0 Å². The van der Waals surface area contributed by atoms with Crippen LogP contribution in [0.5, 0.6) is 0 Å². The molecule has 0 fully saturated rings. The third-order valence-electron chi connectivity index (χ3n) is 11.2. The van der Waals surface area contributed by atoms with Crippen molar-refractivity contribution < 1.29 is 0 Å². The van der Waals surface area contributed by atoms with Gasteiger partial charge in [-0.15, -0.1) is 0 Å². The van der Waals surface area contributed by atoms with Gasteiger partial charge in [0.2, 0.25) is 0 Å². The fourth-order valence-corrected chi connectivity index (χ4v) is 9.56. The summed E-state index contributed by atoms with van der Waals surface area (Å²) in [5, 5.41) is 0. The standard InChI is InChI=1S/C50H50/c1-49(2,3)47-37-29-19-20-30-38(37)48(50(4,5)6)42-32-40-39(31-41(42)47)43(33-21-11-7-12-22-33)45(35-25-15-9-16-26-35)46(36-27-17-10-18-28-36)44(40)34-23-13-8-14-24-34/h7-18,21-28H,19-20,29-32H2,1-6H3. The van der Waals surface area contributed by atoms with Gasteiger partial charge in [-0.1, -0.05) is 163 Å². The van der Waals surface area contributed by atoms with Crippen LogP contribution in [0.25, 0.3) is 44.5 Å². The largest absolute Gasteiger partial charge is 0.0622 e. The summed E-state index contributed by atoms with van der Waals surface area (Å²) in [6, 6.07) is 44.9. The zero-order valence-electron chi connectivity index (χ0n) is 30.8. The topological polar surface area (TPSA) is 0 Å². The summed E-state index contributed by atoms with van der Waals surface area (Å²) in [7, 11) is 0. The first-order valence-corrected chi connectivity index (χ1v) is 18.8. The lowest BCUT2D eigenvalue weighted by Gasteiger charge is -2.41. The van der Waals surface area contributed by atoms with E-state index in [4.69, 9.17) is 0 Å². The van der Waals surface area contributed by atoms with E-state index < -0.39 is 0 Å². The maximum atomic E-state index is 2.46. The van der Waals surface area contributed by atoms with Crippen LogP contribution in [-0.4, -0.2) is 0 Å². The Bertz CT molecular complexity index is 2010. The van der Waals surface area contributed by atoms with Gasteiger partial charge >= 0.3 is 0 Å².